The van der Waals surface area contributed by atoms with E-state index < -0.39 is 0 Å². The lowest BCUT2D eigenvalue weighted by Crippen LogP contribution is -1.84. The molecule has 0 atom stereocenters. The molecule has 0 aliphatic heterocycles. The van der Waals surface area contributed by atoms with Crippen LogP contribution in [0.4, 0.5) is 0 Å². The van der Waals surface area contributed by atoms with Gasteiger partial charge in [0.15, 0.2) is 11.6 Å². The van der Waals surface area contributed by atoms with E-state index in [1.165, 1.54) is 6.07 Å². The van der Waals surface area contributed by atoms with Crippen LogP contribution >= 0.6 is 11.6 Å². The Bertz CT molecular complexity index is 712. The number of H-pyrrole nitrogens is 1. The Labute approximate surface area is 113 Å². The van der Waals surface area contributed by atoms with Crippen molar-refractivity contribution in [3.8, 4) is 28.7 Å². The van der Waals surface area contributed by atoms with Crippen LogP contribution in [0.2, 0.25) is 5.02 Å². The van der Waals surface area contributed by atoms with Gasteiger partial charge in [0.25, 0.3) is 0 Å². The van der Waals surface area contributed by atoms with Gasteiger partial charge in [-0.15, -0.1) is 0 Å². The van der Waals surface area contributed by atoms with Crippen molar-refractivity contribution in [2.75, 3.05) is 0 Å². The van der Waals surface area contributed by atoms with Gasteiger partial charge in [0.05, 0.1) is 5.56 Å². The minimum atomic E-state index is 0.0796. The molecular weight excluding hydrogens is 264 g/mol. The first-order valence-electron chi connectivity index (χ1n) is 5.57. The van der Waals surface area contributed by atoms with Gasteiger partial charge in [0.2, 0.25) is 0 Å². The van der Waals surface area contributed by atoms with Gasteiger partial charge in [-0.1, -0.05) is 17.7 Å². The number of phenolic OH excluding ortho intramolecular Hbond substituents is 1. The van der Waals surface area contributed by atoms with E-state index in [-0.39, 0.29) is 5.75 Å². The second kappa shape index (κ2) is 4.70. The zero-order valence-electron chi connectivity index (χ0n) is 9.71. The molecule has 2 aromatic heterocycles. The molecule has 0 bridgehead atoms. The molecule has 0 saturated heterocycles. The Kier molecular flexibility index (Phi) is 2.89. The fourth-order valence-electron chi connectivity index (χ4n) is 1.69. The van der Waals surface area contributed by atoms with Gasteiger partial charge in [-0.25, -0.2) is 4.98 Å². The van der Waals surface area contributed by atoms with Crippen molar-refractivity contribution >= 4 is 11.6 Å². The predicted molar refractivity (Wildman–Crippen MR) is 71.7 cm³/mol. The fourth-order valence-corrected chi connectivity index (χ4v) is 1.86. The van der Waals surface area contributed by atoms with Gasteiger partial charge in [-0.3, -0.25) is 10.1 Å². The topological polar surface area (TPSA) is 74.7 Å². The summed E-state index contributed by atoms with van der Waals surface area (Å²) in [7, 11) is 0. The maximum atomic E-state index is 9.80. The molecule has 0 aliphatic carbocycles. The number of halogens is 1. The van der Waals surface area contributed by atoms with E-state index in [1.54, 1.807) is 18.3 Å². The molecule has 3 rings (SSSR count). The highest BCUT2D eigenvalue weighted by Gasteiger charge is 2.12. The molecule has 0 aliphatic rings. The number of nitrogens with one attached hydrogen (secondary N) is 1. The highest BCUT2D eigenvalue weighted by molar-refractivity contribution is 6.30. The summed E-state index contributed by atoms with van der Waals surface area (Å²) >= 11 is 5.90. The Morgan fingerprint density at radius 3 is 2.84 bits per heavy atom. The summed E-state index contributed by atoms with van der Waals surface area (Å²) in [5, 5.41) is 17.2. The first-order valence-corrected chi connectivity index (χ1v) is 5.94. The SMILES string of the molecule is Oc1ccc(Cl)cc1-c1n[nH]c(-c2ccccn2)n1. The summed E-state index contributed by atoms with van der Waals surface area (Å²) in [6.45, 7) is 0. The Morgan fingerprint density at radius 2 is 2.05 bits per heavy atom. The van der Waals surface area contributed by atoms with Gasteiger partial charge in [0.1, 0.15) is 11.4 Å². The van der Waals surface area contributed by atoms with E-state index >= 15 is 0 Å². The summed E-state index contributed by atoms with van der Waals surface area (Å²) in [6.07, 6.45) is 1.67. The largest absolute Gasteiger partial charge is 0.507 e. The van der Waals surface area contributed by atoms with Gasteiger partial charge in [-0.2, -0.15) is 5.10 Å². The lowest BCUT2D eigenvalue weighted by atomic mass is 10.2. The maximum absolute atomic E-state index is 9.80. The van der Waals surface area contributed by atoms with Crippen molar-refractivity contribution < 1.29 is 5.11 Å². The molecule has 0 amide bonds. The number of phenols is 1. The number of aromatic hydroxyl groups is 1. The van der Waals surface area contributed by atoms with Crippen LogP contribution < -0.4 is 0 Å². The lowest BCUT2D eigenvalue weighted by Gasteiger charge is -1.99. The van der Waals surface area contributed by atoms with Crippen molar-refractivity contribution in [2.24, 2.45) is 0 Å². The molecule has 3 aromatic rings. The first-order chi connectivity index (χ1) is 9.24. The number of pyridine rings is 1. The van der Waals surface area contributed by atoms with Crippen molar-refractivity contribution in [3.05, 3.63) is 47.6 Å². The third-order valence-electron chi connectivity index (χ3n) is 2.59. The van der Waals surface area contributed by atoms with E-state index in [2.05, 4.69) is 20.2 Å². The van der Waals surface area contributed by atoms with Crippen molar-refractivity contribution in [2.45, 2.75) is 0 Å². The number of nitrogens with zero attached hydrogens (tertiary/aromatic N) is 3. The van der Waals surface area contributed by atoms with Crippen molar-refractivity contribution in [1.29, 1.82) is 0 Å². The summed E-state index contributed by atoms with van der Waals surface area (Å²) in [5.74, 6) is 0.992. The minimum Gasteiger partial charge on any atom is -0.507 e. The van der Waals surface area contributed by atoms with Gasteiger partial charge < -0.3 is 5.11 Å². The molecule has 1 aromatic carbocycles. The van der Waals surface area contributed by atoms with Crippen LogP contribution in [-0.2, 0) is 0 Å². The van der Waals surface area contributed by atoms with Crippen LogP contribution in [0.25, 0.3) is 22.9 Å². The van der Waals surface area contributed by atoms with Crippen LogP contribution in [0.3, 0.4) is 0 Å². The summed E-state index contributed by atoms with van der Waals surface area (Å²) in [5.41, 5.74) is 1.16. The summed E-state index contributed by atoms with van der Waals surface area (Å²) < 4.78 is 0. The van der Waals surface area contributed by atoms with E-state index in [4.69, 9.17) is 11.6 Å². The molecule has 2 heterocycles. The van der Waals surface area contributed by atoms with E-state index in [0.29, 0.717) is 27.9 Å². The third-order valence-corrected chi connectivity index (χ3v) is 2.83. The van der Waals surface area contributed by atoms with Crippen LogP contribution in [0, 0.1) is 0 Å². The monoisotopic (exact) mass is 272 g/mol. The highest BCUT2D eigenvalue weighted by atomic mass is 35.5. The number of aromatic nitrogens is 4. The molecule has 0 fully saturated rings. The number of hydrogen-bond acceptors (Lipinski definition) is 4. The minimum absolute atomic E-state index is 0.0796. The molecular formula is C13H9ClN4O. The molecule has 0 radical (unpaired) electrons. The third kappa shape index (κ3) is 2.28. The summed E-state index contributed by atoms with van der Waals surface area (Å²) in [6, 6.07) is 10.2. The second-order valence-electron chi connectivity index (χ2n) is 3.88. The predicted octanol–water partition coefficient (Wildman–Crippen LogP) is 2.89. The average Bonchev–Trinajstić information content (AvgIpc) is 2.92. The molecule has 94 valence electrons. The maximum Gasteiger partial charge on any atom is 0.185 e. The lowest BCUT2D eigenvalue weighted by molar-refractivity contribution is 0.477. The number of rotatable bonds is 2. The van der Waals surface area contributed by atoms with Gasteiger partial charge >= 0.3 is 0 Å². The molecule has 0 saturated carbocycles. The number of hydrogen-bond donors (Lipinski definition) is 2. The molecule has 19 heavy (non-hydrogen) atoms. The smallest absolute Gasteiger partial charge is 0.185 e. The molecule has 5 nitrogen and oxygen atoms in total. The second-order valence-corrected chi connectivity index (χ2v) is 4.32. The van der Waals surface area contributed by atoms with Crippen molar-refractivity contribution in [3.63, 3.8) is 0 Å². The van der Waals surface area contributed by atoms with Gasteiger partial charge in [-0.05, 0) is 30.3 Å². The van der Waals surface area contributed by atoms with E-state index in [1.807, 2.05) is 18.2 Å². The summed E-state index contributed by atoms with van der Waals surface area (Å²) in [4.78, 5) is 8.48. The average molecular weight is 273 g/mol. The number of aromatic amines is 1. The quantitative estimate of drug-likeness (QED) is 0.752. The first kappa shape index (κ1) is 11.7. The standard InChI is InChI=1S/C13H9ClN4O/c14-8-4-5-11(19)9(7-8)12-16-13(18-17-12)10-3-1-2-6-15-10/h1-7,19H,(H,16,17,18). The highest BCUT2D eigenvalue weighted by Crippen LogP contribution is 2.29. The zero-order chi connectivity index (χ0) is 13.2. The van der Waals surface area contributed by atoms with Gasteiger partial charge in [0, 0.05) is 11.2 Å². The zero-order valence-corrected chi connectivity index (χ0v) is 10.5. The van der Waals surface area contributed by atoms with Crippen molar-refractivity contribution in [1.82, 2.24) is 20.2 Å². The van der Waals surface area contributed by atoms with E-state index in [9.17, 15) is 5.11 Å². The molecule has 0 unspecified atom stereocenters. The molecule has 0 spiro atoms. The number of benzene rings is 1. The Morgan fingerprint density at radius 1 is 1.16 bits per heavy atom. The van der Waals surface area contributed by atoms with E-state index in [0.717, 1.165) is 0 Å². The molecule has 2 N–H and O–H groups in total. The Balaban J connectivity index is 2.04. The fraction of sp³-hybridized carbons (Fsp3) is 0. The van der Waals surface area contributed by atoms with Crippen LogP contribution in [0.15, 0.2) is 42.6 Å². The van der Waals surface area contributed by atoms with Crippen LogP contribution in [-0.4, -0.2) is 25.3 Å². The molecule has 6 heteroatoms. The van der Waals surface area contributed by atoms with Crippen LogP contribution in [0.1, 0.15) is 0 Å². The van der Waals surface area contributed by atoms with Crippen LogP contribution in [0.5, 0.6) is 5.75 Å². The normalized spacial score (nSPS) is 10.6. The Hall–Kier alpha value is -2.40.